The number of benzene rings is 2. The van der Waals surface area contributed by atoms with Crippen LogP contribution in [0.2, 0.25) is 0 Å². The molecule has 2 saturated carbocycles. The fourth-order valence-corrected chi connectivity index (χ4v) is 5.90. The minimum Gasteiger partial charge on any atom is -0.490 e. The summed E-state index contributed by atoms with van der Waals surface area (Å²) in [6.45, 7) is 6.39. The zero-order valence-corrected chi connectivity index (χ0v) is 19.1. The lowest BCUT2D eigenvalue weighted by molar-refractivity contribution is 0.115. The van der Waals surface area contributed by atoms with Gasteiger partial charge >= 0.3 is 0 Å². The van der Waals surface area contributed by atoms with Crippen molar-refractivity contribution in [3.05, 3.63) is 78.9 Å². The number of fused-ring (bicyclic) bond motifs is 1. The van der Waals surface area contributed by atoms with Crippen molar-refractivity contribution in [1.29, 1.82) is 0 Å². The highest BCUT2D eigenvalue weighted by atomic mass is 16.5. The smallest absolute Gasteiger partial charge is 0.119 e. The molecule has 0 aromatic heterocycles. The average molecular weight is 415 g/mol. The van der Waals surface area contributed by atoms with E-state index in [1.54, 1.807) is 11.6 Å². The first-order chi connectivity index (χ1) is 15.3. The van der Waals surface area contributed by atoms with Crippen LogP contribution in [0.4, 0.5) is 0 Å². The van der Waals surface area contributed by atoms with Crippen molar-refractivity contribution < 1.29 is 4.74 Å². The van der Waals surface area contributed by atoms with Crippen molar-refractivity contribution in [2.75, 3.05) is 6.61 Å². The Hall–Kier alpha value is -2.28. The summed E-state index contributed by atoms with van der Waals surface area (Å²) in [5.41, 5.74) is 4.08. The lowest BCUT2D eigenvalue weighted by Gasteiger charge is -2.42. The molecule has 2 aliphatic carbocycles. The van der Waals surface area contributed by atoms with Gasteiger partial charge in [0.2, 0.25) is 0 Å². The first-order valence-corrected chi connectivity index (χ1v) is 12.3. The first-order valence-electron chi connectivity index (χ1n) is 12.3. The van der Waals surface area contributed by atoms with Crippen LogP contribution in [0.3, 0.4) is 0 Å². The summed E-state index contributed by atoms with van der Waals surface area (Å²) in [5.74, 6) is 4.57. The predicted molar refractivity (Wildman–Crippen MR) is 133 cm³/mol. The molecule has 31 heavy (non-hydrogen) atoms. The van der Waals surface area contributed by atoms with Gasteiger partial charge in [-0.15, -0.1) is 0 Å². The predicted octanol–water partition coefficient (Wildman–Crippen LogP) is 8.57. The zero-order valence-electron chi connectivity index (χ0n) is 19.1. The lowest BCUT2D eigenvalue weighted by atomic mass is 9.63. The van der Waals surface area contributed by atoms with Crippen molar-refractivity contribution in [1.82, 2.24) is 0 Å². The molecule has 2 fully saturated rings. The molecule has 2 aromatic carbocycles. The molecule has 4 rings (SSSR count). The minimum atomic E-state index is 0.550. The van der Waals surface area contributed by atoms with Crippen LogP contribution in [0.15, 0.2) is 73.3 Å². The molecule has 2 aromatic rings. The van der Waals surface area contributed by atoms with E-state index in [0.717, 1.165) is 29.4 Å². The zero-order chi connectivity index (χ0) is 21.5. The second-order valence-corrected chi connectivity index (χ2v) is 9.60. The van der Waals surface area contributed by atoms with Gasteiger partial charge in [-0.05, 0) is 104 Å². The van der Waals surface area contributed by atoms with Crippen LogP contribution < -0.4 is 4.74 Å². The Morgan fingerprint density at radius 2 is 1.55 bits per heavy atom. The maximum absolute atomic E-state index is 5.60. The van der Waals surface area contributed by atoms with Gasteiger partial charge < -0.3 is 4.74 Å². The lowest BCUT2D eigenvalue weighted by Crippen LogP contribution is -2.30. The summed E-state index contributed by atoms with van der Waals surface area (Å²) < 4.78 is 5.60. The van der Waals surface area contributed by atoms with E-state index in [1.165, 1.54) is 62.5 Å². The van der Waals surface area contributed by atoms with Crippen molar-refractivity contribution >= 4 is 0 Å². The SMILES string of the molecule is C=CCOc1ccc(-c2ccc(C3CCC4CC(CC/C=C/C)CCC4C3)cc2)cc1. The highest BCUT2D eigenvalue weighted by molar-refractivity contribution is 5.64. The van der Waals surface area contributed by atoms with Crippen molar-refractivity contribution in [2.24, 2.45) is 17.8 Å². The second-order valence-electron chi connectivity index (χ2n) is 9.60. The molecular formula is C30H38O. The number of rotatable bonds is 8. The number of hydrogen-bond donors (Lipinski definition) is 0. The Balaban J connectivity index is 1.32. The molecule has 0 heterocycles. The summed E-state index contributed by atoms with van der Waals surface area (Å²) in [7, 11) is 0. The van der Waals surface area contributed by atoms with Gasteiger partial charge in [0.15, 0.2) is 0 Å². The van der Waals surface area contributed by atoms with Gasteiger partial charge in [-0.1, -0.05) is 67.6 Å². The van der Waals surface area contributed by atoms with Crippen LogP contribution >= 0.6 is 0 Å². The van der Waals surface area contributed by atoms with Crippen LogP contribution in [0, 0.1) is 17.8 Å². The largest absolute Gasteiger partial charge is 0.490 e. The first kappa shape index (κ1) is 21.9. The third-order valence-corrected chi connectivity index (χ3v) is 7.64. The van der Waals surface area contributed by atoms with Gasteiger partial charge in [-0.2, -0.15) is 0 Å². The maximum atomic E-state index is 5.60. The van der Waals surface area contributed by atoms with Gasteiger partial charge in [0.25, 0.3) is 0 Å². The van der Waals surface area contributed by atoms with E-state index in [2.05, 4.69) is 62.1 Å². The minimum absolute atomic E-state index is 0.550. The summed E-state index contributed by atoms with van der Waals surface area (Å²) in [5, 5.41) is 0. The van der Waals surface area contributed by atoms with Crippen molar-refractivity contribution in [3.63, 3.8) is 0 Å². The normalized spacial score (nSPS) is 25.8. The second kappa shape index (κ2) is 10.8. The van der Waals surface area contributed by atoms with Gasteiger partial charge in [0.05, 0.1) is 0 Å². The van der Waals surface area contributed by atoms with Crippen LogP contribution in [-0.4, -0.2) is 6.61 Å². The molecule has 1 nitrogen and oxygen atoms in total. The Labute approximate surface area is 189 Å². The van der Waals surface area contributed by atoms with Gasteiger partial charge in [0.1, 0.15) is 12.4 Å². The number of hydrogen-bond acceptors (Lipinski definition) is 1. The van der Waals surface area contributed by atoms with E-state index < -0.39 is 0 Å². The summed E-state index contributed by atoms with van der Waals surface area (Å²) in [6, 6.07) is 17.8. The Bertz CT molecular complexity index is 845. The third-order valence-electron chi connectivity index (χ3n) is 7.64. The third kappa shape index (κ3) is 5.70. The molecule has 4 atom stereocenters. The molecule has 4 unspecified atom stereocenters. The van der Waals surface area contributed by atoms with Crippen molar-refractivity contribution in [2.45, 2.75) is 64.2 Å². The van der Waals surface area contributed by atoms with Crippen LogP contribution in [0.5, 0.6) is 5.75 Å². The molecule has 0 aliphatic heterocycles. The molecule has 0 amide bonds. The molecule has 0 radical (unpaired) electrons. The highest BCUT2D eigenvalue weighted by Crippen LogP contribution is 2.48. The molecule has 164 valence electrons. The van der Waals surface area contributed by atoms with E-state index in [-0.39, 0.29) is 0 Å². The van der Waals surface area contributed by atoms with E-state index in [4.69, 9.17) is 4.74 Å². The Morgan fingerprint density at radius 3 is 2.26 bits per heavy atom. The molecule has 0 spiro atoms. The standard InChI is InChI=1S/C30H38O/c1-3-5-6-7-23-8-9-29-22-28(15-14-27(29)21-23)26-12-10-24(11-13-26)25-16-18-30(19-17-25)31-20-4-2/h3-5,10-13,16-19,23,27-29H,2,6-9,14-15,20-22H2,1H3/b5-3+. The van der Waals surface area contributed by atoms with E-state index in [1.807, 2.05) is 12.1 Å². The summed E-state index contributed by atoms with van der Waals surface area (Å²) >= 11 is 0. The maximum Gasteiger partial charge on any atom is 0.119 e. The number of allylic oxidation sites excluding steroid dienone is 2. The van der Waals surface area contributed by atoms with Gasteiger partial charge in [-0.3, -0.25) is 0 Å². The fourth-order valence-electron chi connectivity index (χ4n) is 5.90. The Morgan fingerprint density at radius 1 is 0.871 bits per heavy atom. The van der Waals surface area contributed by atoms with Crippen LogP contribution in [-0.2, 0) is 0 Å². The molecule has 2 aliphatic rings. The molecule has 0 N–H and O–H groups in total. The molecule has 0 bridgehead atoms. The topological polar surface area (TPSA) is 9.23 Å². The van der Waals surface area contributed by atoms with Gasteiger partial charge in [-0.25, -0.2) is 0 Å². The highest BCUT2D eigenvalue weighted by Gasteiger charge is 2.35. The van der Waals surface area contributed by atoms with E-state index >= 15 is 0 Å². The summed E-state index contributed by atoms with van der Waals surface area (Å²) in [4.78, 5) is 0. The van der Waals surface area contributed by atoms with Gasteiger partial charge in [0, 0.05) is 0 Å². The Kier molecular flexibility index (Phi) is 7.67. The van der Waals surface area contributed by atoms with Crippen LogP contribution in [0.1, 0.15) is 69.8 Å². The van der Waals surface area contributed by atoms with Crippen molar-refractivity contribution in [3.8, 4) is 16.9 Å². The monoisotopic (exact) mass is 414 g/mol. The average Bonchev–Trinajstić information content (AvgIpc) is 2.83. The molecular weight excluding hydrogens is 376 g/mol. The van der Waals surface area contributed by atoms with E-state index in [9.17, 15) is 0 Å². The number of ether oxygens (including phenoxy) is 1. The fraction of sp³-hybridized carbons (Fsp3) is 0.467. The quantitative estimate of drug-likeness (QED) is 0.393. The van der Waals surface area contributed by atoms with E-state index in [0.29, 0.717) is 6.61 Å². The molecule has 1 heteroatoms. The summed E-state index contributed by atoms with van der Waals surface area (Å²) in [6.07, 6.45) is 17.6. The van der Waals surface area contributed by atoms with Crippen LogP contribution in [0.25, 0.3) is 11.1 Å². The molecule has 0 saturated heterocycles.